The Labute approximate surface area is 101 Å². The van der Waals surface area contributed by atoms with Crippen molar-refractivity contribution < 1.29 is 14.2 Å². The molecule has 1 aromatic rings. The second kappa shape index (κ2) is 4.65. The summed E-state index contributed by atoms with van der Waals surface area (Å²) in [6.07, 6.45) is 2.90. The van der Waals surface area contributed by atoms with Crippen LogP contribution in [0.15, 0.2) is 18.2 Å². The SMILES string of the molecule is COc1cccc(CC2(O)CCC(C)C2)c1F. The molecule has 1 N–H and O–H groups in total. The number of methoxy groups -OCH3 is 1. The molecule has 0 saturated heterocycles. The van der Waals surface area contributed by atoms with Gasteiger partial charge in [-0.2, -0.15) is 0 Å². The predicted octanol–water partition coefficient (Wildman–Crippen LogP) is 2.93. The van der Waals surface area contributed by atoms with Crippen molar-refractivity contribution >= 4 is 0 Å². The lowest BCUT2D eigenvalue weighted by Gasteiger charge is -2.23. The van der Waals surface area contributed by atoms with Gasteiger partial charge in [0, 0.05) is 6.42 Å². The van der Waals surface area contributed by atoms with Crippen molar-refractivity contribution in [2.24, 2.45) is 5.92 Å². The van der Waals surface area contributed by atoms with E-state index in [0.29, 0.717) is 17.9 Å². The number of benzene rings is 1. The molecular weight excluding hydrogens is 219 g/mol. The summed E-state index contributed by atoms with van der Waals surface area (Å²) in [5.74, 6) is 0.425. The van der Waals surface area contributed by atoms with Crippen LogP contribution in [0.5, 0.6) is 5.75 Å². The van der Waals surface area contributed by atoms with Crippen molar-refractivity contribution in [2.75, 3.05) is 7.11 Å². The Balaban J connectivity index is 2.19. The monoisotopic (exact) mass is 238 g/mol. The molecule has 0 amide bonds. The van der Waals surface area contributed by atoms with E-state index in [1.807, 2.05) is 0 Å². The van der Waals surface area contributed by atoms with Gasteiger partial charge in [-0.05, 0) is 36.8 Å². The molecule has 3 heteroatoms. The average Bonchev–Trinajstić information content (AvgIpc) is 2.62. The summed E-state index contributed by atoms with van der Waals surface area (Å²) in [6, 6.07) is 5.08. The normalized spacial score (nSPS) is 28.4. The molecule has 0 aliphatic heterocycles. The zero-order chi connectivity index (χ0) is 12.5. The summed E-state index contributed by atoms with van der Waals surface area (Å²) >= 11 is 0. The Morgan fingerprint density at radius 2 is 2.29 bits per heavy atom. The average molecular weight is 238 g/mol. The van der Waals surface area contributed by atoms with Gasteiger partial charge in [0.2, 0.25) is 0 Å². The highest BCUT2D eigenvalue weighted by Gasteiger charge is 2.36. The maximum Gasteiger partial charge on any atom is 0.168 e. The second-order valence-corrected chi connectivity index (χ2v) is 5.18. The van der Waals surface area contributed by atoms with Gasteiger partial charge in [-0.25, -0.2) is 4.39 Å². The lowest BCUT2D eigenvalue weighted by Crippen LogP contribution is -2.28. The molecule has 1 fully saturated rings. The molecule has 17 heavy (non-hydrogen) atoms. The number of rotatable bonds is 3. The highest BCUT2D eigenvalue weighted by atomic mass is 19.1. The van der Waals surface area contributed by atoms with Crippen LogP contribution in [0.2, 0.25) is 0 Å². The van der Waals surface area contributed by atoms with E-state index in [1.165, 1.54) is 7.11 Å². The van der Waals surface area contributed by atoms with Gasteiger partial charge < -0.3 is 9.84 Å². The van der Waals surface area contributed by atoms with Crippen molar-refractivity contribution in [3.8, 4) is 5.75 Å². The molecule has 1 saturated carbocycles. The molecule has 2 rings (SSSR count). The molecule has 2 atom stereocenters. The third kappa shape index (κ3) is 2.60. The Morgan fingerprint density at radius 3 is 2.88 bits per heavy atom. The topological polar surface area (TPSA) is 29.5 Å². The van der Waals surface area contributed by atoms with Crippen molar-refractivity contribution in [1.29, 1.82) is 0 Å². The molecule has 1 aliphatic carbocycles. The summed E-state index contributed by atoms with van der Waals surface area (Å²) in [5.41, 5.74) is -0.201. The van der Waals surface area contributed by atoms with Gasteiger partial charge in [0.15, 0.2) is 11.6 Å². The Hall–Kier alpha value is -1.09. The summed E-state index contributed by atoms with van der Waals surface area (Å²) in [7, 11) is 1.45. The first-order valence-corrected chi connectivity index (χ1v) is 6.08. The van der Waals surface area contributed by atoms with Gasteiger partial charge in [-0.1, -0.05) is 19.1 Å². The molecule has 0 heterocycles. The van der Waals surface area contributed by atoms with Crippen LogP contribution in [-0.2, 0) is 6.42 Å². The third-order valence-electron chi connectivity index (χ3n) is 3.61. The number of hydrogen-bond donors (Lipinski definition) is 1. The number of ether oxygens (including phenoxy) is 1. The van der Waals surface area contributed by atoms with E-state index in [0.717, 1.165) is 19.3 Å². The number of halogens is 1. The predicted molar refractivity (Wildman–Crippen MR) is 64.6 cm³/mol. The molecule has 1 aromatic carbocycles. The minimum Gasteiger partial charge on any atom is -0.494 e. The van der Waals surface area contributed by atoms with E-state index in [4.69, 9.17) is 4.74 Å². The first-order chi connectivity index (χ1) is 8.04. The number of aliphatic hydroxyl groups is 1. The highest BCUT2D eigenvalue weighted by molar-refractivity contribution is 5.32. The van der Waals surface area contributed by atoms with Crippen LogP contribution < -0.4 is 4.74 Å². The smallest absolute Gasteiger partial charge is 0.168 e. The minimum atomic E-state index is -0.743. The minimum absolute atomic E-state index is 0.247. The first kappa shape index (κ1) is 12.4. The summed E-state index contributed by atoms with van der Waals surface area (Å²) < 4.78 is 18.9. The Kier molecular flexibility index (Phi) is 3.38. The molecule has 2 unspecified atom stereocenters. The first-order valence-electron chi connectivity index (χ1n) is 6.08. The third-order valence-corrected chi connectivity index (χ3v) is 3.61. The van der Waals surface area contributed by atoms with Gasteiger partial charge >= 0.3 is 0 Å². The van der Waals surface area contributed by atoms with Crippen LogP contribution >= 0.6 is 0 Å². The van der Waals surface area contributed by atoms with Crippen LogP contribution in [0.1, 0.15) is 31.7 Å². The van der Waals surface area contributed by atoms with E-state index in [2.05, 4.69) is 6.92 Å². The fourth-order valence-electron chi connectivity index (χ4n) is 2.73. The summed E-state index contributed by atoms with van der Waals surface area (Å²) in [4.78, 5) is 0. The molecule has 0 aromatic heterocycles. The maximum absolute atomic E-state index is 14.0. The van der Waals surface area contributed by atoms with Crippen LogP contribution in [0, 0.1) is 11.7 Å². The molecule has 1 aliphatic rings. The van der Waals surface area contributed by atoms with Gasteiger partial charge in [0.1, 0.15) is 0 Å². The summed E-state index contributed by atoms with van der Waals surface area (Å²) in [5, 5.41) is 10.4. The van der Waals surface area contributed by atoms with Crippen molar-refractivity contribution in [3.63, 3.8) is 0 Å². The van der Waals surface area contributed by atoms with Crippen LogP contribution in [-0.4, -0.2) is 17.8 Å². The fraction of sp³-hybridized carbons (Fsp3) is 0.571. The number of hydrogen-bond acceptors (Lipinski definition) is 2. The zero-order valence-electron chi connectivity index (χ0n) is 10.4. The van der Waals surface area contributed by atoms with E-state index < -0.39 is 5.60 Å². The molecule has 2 nitrogen and oxygen atoms in total. The second-order valence-electron chi connectivity index (χ2n) is 5.18. The molecule has 94 valence electrons. The van der Waals surface area contributed by atoms with E-state index in [1.54, 1.807) is 18.2 Å². The Morgan fingerprint density at radius 1 is 1.53 bits per heavy atom. The van der Waals surface area contributed by atoms with Crippen molar-refractivity contribution in [3.05, 3.63) is 29.6 Å². The van der Waals surface area contributed by atoms with Crippen molar-refractivity contribution in [1.82, 2.24) is 0 Å². The molecule has 0 spiro atoms. The van der Waals surface area contributed by atoms with Crippen LogP contribution in [0.3, 0.4) is 0 Å². The van der Waals surface area contributed by atoms with Crippen LogP contribution in [0.4, 0.5) is 4.39 Å². The van der Waals surface area contributed by atoms with Gasteiger partial charge in [-0.3, -0.25) is 0 Å². The lowest BCUT2D eigenvalue weighted by atomic mass is 9.92. The maximum atomic E-state index is 14.0. The fourth-order valence-corrected chi connectivity index (χ4v) is 2.73. The van der Waals surface area contributed by atoms with E-state index >= 15 is 0 Å². The molecule has 0 bridgehead atoms. The summed E-state index contributed by atoms with van der Waals surface area (Å²) in [6.45, 7) is 2.12. The van der Waals surface area contributed by atoms with Crippen molar-refractivity contribution in [2.45, 2.75) is 38.2 Å². The van der Waals surface area contributed by atoms with Gasteiger partial charge in [0.05, 0.1) is 12.7 Å². The molecular formula is C14H19FO2. The van der Waals surface area contributed by atoms with Crippen LogP contribution in [0.25, 0.3) is 0 Å². The molecule has 0 radical (unpaired) electrons. The highest BCUT2D eigenvalue weighted by Crippen LogP contribution is 2.37. The Bertz CT molecular complexity index is 405. The van der Waals surface area contributed by atoms with E-state index in [-0.39, 0.29) is 11.6 Å². The quantitative estimate of drug-likeness (QED) is 0.877. The zero-order valence-corrected chi connectivity index (χ0v) is 10.4. The van der Waals surface area contributed by atoms with Gasteiger partial charge in [-0.15, -0.1) is 0 Å². The van der Waals surface area contributed by atoms with E-state index in [9.17, 15) is 9.50 Å². The lowest BCUT2D eigenvalue weighted by molar-refractivity contribution is 0.0437. The largest absolute Gasteiger partial charge is 0.494 e. The van der Waals surface area contributed by atoms with Gasteiger partial charge in [0.25, 0.3) is 0 Å². The standard InChI is InChI=1S/C14H19FO2/c1-10-6-7-14(16,8-10)9-11-4-3-5-12(17-2)13(11)15/h3-5,10,16H,6-9H2,1-2H3.